The largest absolute Gasteiger partial charge is 0.0838 e. The summed E-state index contributed by atoms with van der Waals surface area (Å²) in [7, 11) is -0.932. The topological polar surface area (TPSA) is 0 Å². The Hall–Kier alpha value is -2.26. The molecule has 1 unspecified atom stereocenters. The van der Waals surface area contributed by atoms with Crippen LogP contribution in [0.2, 0.25) is 0 Å². The summed E-state index contributed by atoms with van der Waals surface area (Å²) < 4.78 is 0. The van der Waals surface area contributed by atoms with Crippen LogP contribution in [0.25, 0.3) is 0 Å². The van der Waals surface area contributed by atoms with Crippen molar-refractivity contribution in [3.8, 4) is 0 Å². The number of allylic oxidation sites excluding steroid dienone is 4. The SMILES string of the molecule is C1=CC(P(/C=C\P(c2ccccc2)c2ccccc2)c2ccccc2)C=CC1. The number of hydrogen-bond acceptors (Lipinski definition) is 0. The van der Waals surface area contributed by atoms with Crippen LogP contribution in [0, 0.1) is 0 Å². The lowest BCUT2D eigenvalue weighted by Gasteiger charge is -2.23. The summed E-state index contributed by atoms with van der Waals surface area (Å²) in [6.07, 6.45) is 10.4. The Morgan fingerprint density at radius 3 is 1.54 bits per heavy atom. The predicted octanol–water partition coefficient (Wildman–Crippen LogP) is 6.28. The Bertz CT molecular complexity index is 892. The minimum absolute atomic E-state index is 0.425. The van der Waals surface area contributed by atoms with Crippen LogP contribution in [-0.2, 0) is 0 Å². The maximum atomic E-state index is 2.50. The summed E-state index contributed by atoms with van der Waals surface area (Å²) in [5.74, 6) is 4.98. The van der Waals surface area contributed by atoms with Gasteiger partial charge in [-0.3, -0.25) is 0 Å². The normalized spacial score (nSPS) is 15.3. The van der Waals surface area contributed by atoms with Crippen molar-refractivity contribution in [2.45, 2.75) is 12.1 Å². The summed E-state index contributed by atoms with van der Waals surface area (Å²) in [5, 5.41) is 4.24. The molecule has 0 aliphatic heterocycles. The monoisotopic (exact) mass is 398 g/mol. The highest BCUT2D eigenvalue weighted by atomic mass is 31.1. The summed E-state index contributed by atoms with van der Waals surface area (Å²) in [5.41, 5.74) is 0.478. The molecule has 1 aliphatic carbocycles. The molecule has 0 bridgehead atoms. The van der Waals surface area contributed by atoms with Crippen molar-refractivity contribution in [1.82, 2.24) is 0 Å². The Kier molecular flexibility index (Phi) is 6.67. The van der Waals surface area contributed by atoms with Gasteiger partial charge in [0.25, 0.3) is 0 Å². The second-order valence-electron chi connectivity index (χ2n) is 6.66. The van der Waals surface area contributed by atoms with E-state index in [9.17, 15) is 0 Å². The van der Waals surface area contributed by atoms with E-state index in [1.54, 1.807) is 0 Å². The zero-order valence-electron chi connectivity index (χ0n) is 15.8. The molecule has 0 saturated carbocycles. The van der Waals surface area contributed by atoms with E-state index in [2.05, 4.69) is 127 Å². The lowest BCUT2D eigenvalue weighted by molar-refractivity contribution is 1.24. The first-order valence-corrected chi connectivity index (χ1v) is 12.6. The molecule has 0 N–H and O–H groups in total. The van der Waals surface area contributed by atoms with Crippen LogP contribution in [0.3, 0.4) is 0 Å². The van der Waals surface area contributed by atoms with Gasteiger partial charge in [-0.25, -0.2) is 0 Å². The van der Waals surface area contributed by atoms with Gasteiger partial charge in [0.05, 0.1) is 0 Å². The van der Waals surface area contributed by atoms with Crippen molar-refractivity contribution in [2.75, 3.05) is 0 Å². The molecule has 138 valence electrons. The van der Waals surface area contributed by atoms with Crippen LogP contribution in [0.4, 0.5) is 0 Å². The smallest absolute Gasteiger partial charge is 0.0226 e. The van der Waals surface area contributed by atoms with E-state index in [4.69, 9.17) is 0 Å². The zero-order chi connectivity index (χ0) is 19.0. The summed E-state index contributed by atoms with van der Waals surface area (Å²) in [6.45, 7) is 0. The number of hydrogen-bond donors (Lipinski definition) is 0. The van der Waals surface area contributed by atoms with Crippen molar-refractivity contribution in [1.29, 1.82) is 0 Å². The fourth-order valence-corrected chi connectivity index (χ4v) is 7.94. The van der Waals surface area contributed by atoms with Crippen LogP contribution in [-0.4, -0.2) is 5.66 Å². The molecule has 0 spiro atoms. The fraction of sp³-hybridized carbons (Fsp3) is 0.0769. The standard InChI is InChI=1S/C26H24P2/c1-5-13-23(14-6-1)27(24-15-7-2-8-16-24)21-22-28(25-17-9-3-10-18-25)26-19-11-4-12-20-26/h1-3,5-22,26H,4H2/b22-21-. The molecular weight excluding hydrogens is 374 g/mol. The van der Waals surface area contributed by atoms with Gasteiger partial charge in [-0.2, -0.15) is 0 Å². The second kappa shape index (κ2) is 9.79. The molecule has 2 heteroatoms. The highest BCUT2D eigenvalue weighted by molar-refractivity contribution is 7.77. The second-order valence-corrected chi connectivity index (χ2v) is 11.0. The molecule has 0 saturated heterocycles. The van der Waals surface area contributed by atoms with E-state index in [0.717, 1.165) is 6.42 Å². The van der Waals surface area contributed by atoms with Crippen molar-refractivity contribution < 1.29 is 0 Å². The van der Waals surface area contributed by atoms with Crippen molar-refractivity contribution in [3.05, 3.63) is 127 Å². The van der Waals surface area contributed by atoms with Gasteiger partial charge in [-0.05, 0) is 38.2 Å². The zero-order valence-corrected chi connectivity index (χ0v) is 17.6. The molecule has 28 heavy (non-hydrogen) atoms. The van der Waals surface area contributed by atoms with Gasteiger partial charge < -0.3 is 0 Å². The first-order chi connectivity index (χ1) is 13.9. The van der Waals surface area contributed by atoms with Crippen LogP contribution in [0.1, 0.15) is 6.42 Å². The first kappa shape index (κ1) is 19.1. The fourth-order valence-electron chi connectivity index (χ4n) is 3.36. The lowest BCUT2D eigenvalue weighted by atomic mass is 10.2. The van der Waals surface area contributed by atoms with E-state index in [1.807, 2.05) is 0 Å². The summed E-state index contributed by atoms with van der Waals surface area (Å²) >= 11 is 0. The third-order valence-electron chi connectivity index (χ3n) is 4.76. The molecule has 0 nitrogen and oxygen atoms in total. The minimum atomic E-state index is -0.507. The molecule has 3 aromatic rings. The van der Waals surface area contributed by atoms with Gasteiger partial charge in [-0.15, -0.1) is 0 Å². The third kappa shape index (κ3) is 4.77. The Morgan fingerprint density at radius 1 is 0.571 bits per heavy atom. The Morgan fingerprint density at radius 2 is 1.04 bits per heavy atom. The Labute approximate surface area is 170 Å². The van der Waals surface area contributed by atoms with E-state index >= 15 is 0 Å². The van der Waals surface area contributed by atoms with Gasteiger partial charge in [0, 0.05) is 5.66 Å². The van der Waals surface area contributed by atoms with E-state index in [1.165, 1.54) is 15.9 Å². The Balaban J connectivity index is 1.71. The molecule has 0 heterocycles. The minimum Gasteiger partial charge on any atom is -0.0838 e. The molecule has 0 amide bonds. The van der Waals surface area contributed by atoms with Crippen LogP contribution in [0.5, 0.6) is 0 Å². The summed E-state index contributed by atoms with van der Waals surface area (Å²) in [6, 6.07) is 32.8. The van der Waals surface area contributed by atoms with E-state index in [0.29, 0.717) is 5.66 Å². The van der Waals surface area contributed by atoms with Crippen LogP contribution in [0.15, 0.2) is 127 Å². The molecule has 0 fully saturated rings. The lowest BCUT2D eigenvalue weighted by Crippen LogP contribution is -2.11. The van der Waals surface area contributed by atoms with Gasteiger partial charge >= 0.3 is 0 Å². The van der Waals surface area contributed by atoms with Gasteiger partial charge in [0.1, 0.15) is 0 Å². The number of rotatable bonds is 6. The average Bonchev–Trinajstić information content (AvgIpc) is 2.79. The highest BCUT2D eigenvalue weighted by Gasteiger charge is 2.18. The van der Waals surface area contributed by atoms with Gasteiger partial charge in [0.15, 0.2) is 0 Å². The highest BCUT2D eigenvalue weighted by Crippen LogP contribution is 2.47. The van der Waals surface area contributed by atoms with Crippen molar-refractivity contribution in [2.24, 2.45) is 0 Å². The molecule has 0 aromatic heterocycles. The van der Waals surface area contributed by atoms with Crippen LogP contribution < -0.4 is 15.9 Å². The van der Waals surface area contributed by atoms with E-state index in [-0.39, 0.29) is 0 Å². The predicted molar refractivity (Wildman–Crippen MR) is 128 cm³/mol. The van der Waals surface area contributed by atoms with Crippen LogP contribution >= 0.6 is 15.8 Å². The molecule has 3 aromatic carbocycles. The van der Waals surface area contributed by atoms with Crippen molar-refractivity contribution in [3.63, 3.8) is 0 Å². The summed E-state index contributed by atoms with van der Waals surface area (Å²) in [4.78, 5) is 0. The quantitative estimate of drug-likeness (QED) is 0.338. The molecular formula is C26H24P2. The third-order valence-corrected chi connectivity index (χ3v) is 9.50. The van der Waals surface area contributed by atoms with Gasteiger partial charge in [0.2, 0.25) is 0 Å². The molecule has 1 aliphatic rings. The van der Waals surface area contributed by atoms with Crippen molar-refractivity contribution >= 4 is 31.8 Å². The van der Waals surface area contributed by atoms with Gasteiger partial charge in [-0.1, -0.05) is 127 Å². The average molecular weight is 398 g/mol. The first-order valence-electron chi connectivity index (χ1n) is 9.66. The number of benzene rings is 3. The maximum Gasteiger partial charge on any atom is 0.0226 e. The molecule has 4 rings (SSSR count). The molecule has 1 atom stereocenters. The molecule has 0 radical (unpaired) electrons. The maximum absolute atomic E-state index is 2.50. The van der Waals surface area contributed by atoms with E-state index < -0.39 is 15.8 Å².